The first-order valence-electron chi connectivity index (χ1n) is 7.58. The molecule has 1 aromatic heterocycles. The molecule has 0 spiro atoms. The fourth-order valence-corrected chi connectivity index (χ4v) is 2.70. The van der Waals surface area contributed by atoms with Crippen molar-refractivity contribution in [1.29, 1.82) is 0 Å². The standard InChI is InChI=1S/C18H16ClNO4/c1-12-5-2-3-6-16(12)23-10-4-9-20-15-8-7-13(19)11-14(15)17(21)24-18(20)22/h2-3,5-8,11H,4,9-10H2,1H3. The van der Waals surface area contributed by atoms with Gasteiger partial charge in [0.2, 0.25) is 0 Å². The molecular formula is C18H16ClNO4. The zero-order chi connectivity index (χ0) is 17.1. The number of aryl methyl sites for hydroxylation is 2. The maximum atomic E-state index is 12.0. The highest BCUT2D eigenvalue weighted by atomic mass is 35.5. The Morgan fingerprint density at radius 1 is 1.17 bits per heavy atom. The number of nitrogens with zero attached hydrogens (tertiary/aromatic N) is 1. The van der Waals surface area contributed by atoms with Crippen molar-refractivity contribution in [1.82, 2.24) is 4.57 Å². The first-order valence-corrected chi connectivity index (χ1v) is 7.96. The third-order valence-electron chi connectivity index (χ3n) is 3.75. The summed E-state index contributed by atoms with van der Waals surface area (Å²) in [5.41, 5.74) is 0.891. The van der Waals surface area contributed by atoms with Crippen LogP contribution in [0, 0.1) is 6.92 Å². The molecule has 0 saturated carbocycles. The lowest BCUT2D eigenvalue weighted by Crippen LogP contribution is -2.25. The van der Waals surface area contributed by atoms with Crippen LogP contribution in [0.4, 0.5) is 0 Å². The number of hydrogen-bond acceptors (Lipinski definition) is 4. The quantitative estimate of drug-likeness (QED) is 0.665. The minimum Gasteiger partial charge on any atom is -0.493 e. The summed E-state index contributed by atoms with van der Waals surface area (Å²) in [4.78, 5) is 23.8. The maximum Gasteiger partial charge on any atom is 0.422 e. The predicted molar refractivity (Wildman–Crippen MR) is 93.0 cm³/mol. The Kier molecular flexibility index (Phi) is 4.71. The lowest BCUT2D eigenvalue weighted by molar-refractivity contribution is 0.295. The molecule has 2 aromatic carbocycles. The number of para-hydroxylation sites is 1. The molecule has 0 aliphatic heterocycles. The highest BCUT2D eigenvalue weighted by molar-refractivity contribution is 6.31. The first kappa shape index (κ1) is 16.3. The molecule has 0 N–H and O–H groups in total. The Morgan fingerprint density at radius 3 is 2.75 bits per heavy atom. The van der Waals surface area contributed by atoms with Gasteiger partial charge in [0.05, 0.1) is 17.5 Å². The summed E-state index contributed by atoms with van der Waals surface area (Å²) in [7, 11) is 0. The highest BCUT2D eigenvalue weighted by Gasteiger charge is 2.10. The predicted octanol–water partition coefficient (Wildman–Crippen LogP) is 3.39. The van der Waals surface area contributed by atoms with Crippen molar-refractivity contribution in [3.8, 4) is 5.75 Å². The summed E-state index contributed by atoms with van der Waals surface area (Å²) >= 11 is 5.90. The summed E-state index contributed by atoms with van der Waals surface area (Å²) in [6.45, 7) is 2.81. The van der Waals surface area contributed by atoms with E-state index in [1.165, 1.54) is 10.6 Å². The Hall–Kier alpha value is -2.53. The van der Waals surface area contributed by atoms with E-state index in [-0.39, 0.29) is 0 Å². The first-order chi connectivity index (χ1) is 11.6. The molecule has 1 heterocycles. The molecule has 0 aliphatic rings. The summed E-state index contributed by atoms with van der Waals surface area (Å²) in [5.74, 6) is 0.145. The van der Waals surface area contributed by atoms with E-state index >= 15 is 0 Å². The molecule has 0 bridgehead atoms. The number of ether oxygens (including phenoxy) is 1. The van der Waals surface area contributed by atoms with Gasteiger partial charge in [0.1, 0.15) is 5.75 Å². The number of benzene rings is 2. The topological polar surface area (TPSA) is 61.4 Å². The van der Waals surface area contributed by atoms with E-state index in [9.17, 15) is 9.59 Å². The van der Waals surface area contributed by atoms with Crippen molar-refractivity contribution in [2.24, 2.45) is 0 Å². The van der Waals surface area contributed by atoms with Gasteiger partial charge < -0.3 is 9.15 Å². The van der Waals surface area contributed by atoms with Crippen molar-refractivity contribution >= 4 is 22.5 Å². The molecule has 0 unspecified atom stereocenters. The maximum absolute atomic E-state index is 12.0. The Bertz CT molecular complexity index is 990. The molecule has 0 saturated heterocycles. The lowest BCUT2D eigenvalue weighted by atomic mass is 10.2. The van der Waals surface area contributed by atoms with Gasteiger partial charge in [-0.25, -0.2) is 9.59 Å². The number of halogens is 1. The number of hydrogen-bond donors (Lipinski definition) is 0. The fraction of sp³-hybridized carbons (Fsp3) is 0.222. The zero-order valence-electron chi connectivity index (χ0n) is 13.1. The van der Waals surface area contributed by atoms with E-state index in [4.69, 9.17) is 20.8 Å². The third kappa shape index (κ3) is 3.36. The molecule has 0 radical (unpaired) electrons. The summed E-state index contributed by atoms with van der Waals surface area (Å²) in [6.07, 6.45) is 0.597. The van der Waals surface area contributed by atoms with Gasteiger partial charge in [-0.05, 0) is 43.2 Å². The largest absolute Gasteiger partial charge is 0.493 e. The van der Waals surface area contributed by atoms with Gasteiger partial charge in [0.25, 0.3) is 0 Å². The zero-order valence-corrected chi connectivity index (χ0v) is 13.9. The van der Waals surface area contributed by atoms with E-state index in [1.54, 1.807) is 12.1 Å². The normalized spacial score (nSPS) is 10.9. The monoisotopic (exact) mass is 345 g/mol. The van der Waals surface area contributed by atoms with Gasteiger partial charge in [-0.1, -0.05) is 29.8 Å². The fourth-order valence-electron chi connectivity index (χ4n) is 2.53. The van der Waals surface area contributed by atoms with E-state index < -0.39 is 11.4 Å². The SMILES string of the molecule is Cc1ccccc1OCCCn1c(=O)oc(=O)c2cc(Cl)ccc21. The Morgan fingerprint density at radius 2 is 1.96 bits per heavy atom. The molecule has 6 heteroatoms. The van der Waals surface area contributed by atoms with Crippen LogP contribution in [0.15, 0.2) is 56.5 Å². The second kappa shape index (κ2) is 6.93. The van der Waals surface area contributed by atoms with Crippen LogP contribution in [0.2, 0.25) is 5.02 Å². The molecule has 0 atom stereocenters. The van der Waals surface area contributed by atoms with E-state index in [0.29, 0.717) is 35.5 Å². The van der Waals surface area contributed by atoms with Crippen LogP contribution >= 0.6 is 11.6 Å². The number of rotatable bonds is 5. The molecule has 0 fully saturated rings. The molecule has 0 amide bonds. The van der Waals surface area contributed by atoms with Crippen LogP contribution in [-0.2, 0) is 6.54 Å². The smallest absolute Gasteiger partial charge is 0.422 e. The average Bonchev–Trinajstić information content (AvgIpc) is 2.56. The van der Waals surface area contributed by atoms with Crippen molar-refractivity contribution in [2.75, 3.05) is 6.61 Å². The van der Waals surface area contributed by atoms with Crippen molar-refractivity contribution < 1.29 is 9.15 Å². The van der Waals surface area contributed by atoms with E-state index in [1.807, 2.05) is 31.2 Å². The second-order valence-corrected chi connectivity index (χ2v) is 5.87. The number of fused-ring (bicyclic) bond motifs is 1. The van der Waals surface area contributed by atoms with Crippen LogP contribution < -0.4 is 16.1 Å². The molecule has 5 nitrogen and oxygen atoms in total. The van der Waals surface area contributed by atoms with Gasteiger partial charge in [-0.3, -0.25) is 4.57 Å². The molecule has 3 aromatic rings. The van der Waals surface area contributed by atoms with Gasteiger partial charge in [0, 0.05) is 11.6 Å². The molecule has 124 valence electrons. The summed E-state index contributed by atoms with van der Waals surface area (Å²) in [6, 6.07) is 12.5. The van der Waals surface area contributed by atoms with Gasteiger partial charge in [-0.2, -0.15) is 0 Å². The van der Waals surface area contributed by atoms with Crippen LogP contribution in [-0.4, -0.2) is 11.2 Å². The lowest BCUT2D eigenvalue weighted by Gasteiger charge is -2.11. The Balaban J connectivity index is 1.77. The van der Waals surface area contributed by atoms with Crippen molar-refractivity contribution in [2.45, 2.75) is 19.9 Å². The highest BCUT2D eigenvalue weighted by Crippen LogP contribution is 2.17. The minimum absolute atomic E-state index is 0.293. The second-order valence-electron chi connectivity index (χ2n) is 5.44. The molecule has 3 rings (SSSR count). The average molecular weight is 346 g/mol. The summed E-state index contributed by atoms with van der Waals surface area (Å²) in [5, 5.41) is 0.713. The van der Waals surface area contributed by atoms with Gasteiger partial charge in [0.15, 0.2) is 0 Å². The Labute approximate surface area is 143 Å². The molecule has 24 heavy (non-hydrogen) atoms. The minimum atomic E-state index is -0.676. The van der Waals surface area contributed by atoms with Gasteiger partial charge >= 0.3 is 11.4 Å². The molecular weight excluding hydrogens is 330 g/mol. The van der Waals surface area contributed by atoms with Crippen molar-refractivity contribution in [3.63, 3.8) is 0 Å². The third-order valence-corrected chi connectivity index (χ3v) is 3.98. The van der Waals surface area contributed by atoms with E-state index in [2.05, 4.69) is 0 Å². The van der Waals surface area contributed by atoms with Crippen LogP contribution in [0.25, 0.3) is 10.9 Å². The summed E-state index contributed by atoms with van der Waals surface area (Å²) < 4.78 is 11.9. The van der Waals surface area contributed by atoms with Crippen LogP contribution in [0.1, 0.15) is 12.0 Å². The van der Waals surface area contributed by atoms with E-state index in [0.717, 1.165) is 11.3 Å². The molecule has 0 aliphatic carbocycles. The van der Waals surface area contributed by atoms with Crippen molar-refractivity contribution in [3.05, 3.63) is 74.0 Å². The van der Waals surface area contributed by atoms with Crippen LogP contribution in [0.3, 0.4) is 0 Å². The van der Waals surface area contributed by atoms with Gasteiger partial charge in [-0.15, -0.1) is 0 Å². The van der Waals surface area contributed by atoms with Crippen LogP contribution in [0.5, 0.6) is 5.75 Å². The number of aromatic nitrogens is 1.